The molecule has 0 aliphatic rings. The SMILES string of the molecule is F.O=C(F)c1ccccc1. The molecule has 10 heavy (non-hydrogen) atoms. The zero-order valence-electron chi connectivity index (χ0n) is 5.08. The van der Waals surface area contributed by atoms with E-state index in [9.17, 15) is 9.18 Å². The number of benzene rings is 1. The van der Waals surface area contributed by atoms with Gasteiger partial charge in [-0.1, -0.05) is 18.2 Å². The largest absolute Gasteiger partial charge is 0.332 e. The summed E-state index contributed by atoms with van der Waals surface area (Å²) in [4.78, 5) is 9.98. The highest BCUT2D eigenvalue weighted by molar-refractivity contribution is 5.88. The molecule has 1 nitrogen and oxygen atoms in total. The molecule has 0 heterocycles. The van der Waals surface area contributed by atoms with E-state index in [0.29, 0.717) is 0 Å². The zero-order chi connectivity index (χ0) is 6.69. The zero-order valence-corrected chi connectivity index (χ0v) is 5.08. The Morgan fingerprint density at radius 2 is 1.70 bits per heavy atom. The van der Waals surface area contributed by atoms with E-state index in [1.165, 1.54) is 12.1 Å². The maximum absolute atomic E-state index is 11.8. The first-order valence-electron chi connectivity index (χ1n) is 2.55. The van der Waals surface area contributed by atoms with Crippen molar-refractivity contribution in [1.82, 2.24) is 0 Å². The summed E-state index contributed by atoms with van der Waals surface area (Å²) < 4.78 is 11.8. The molecule has 0 N–H and O–H groups in total. The summed E-state index contributed by atoms with van der Waals surface area (Å²) in [7, 11) is 0. The number of carbonyl (C=O) groups is 1. The molecule has 0 bridgehead atoms. The van der Waals surface area contributed by atoms with E-state index in [2.05, 4.69) is 0 Å². The van der Waals surface area contributed by atoms with E-state index in [1.807, 2.05) is 0 Å². The third kappa shape index (κ3) is 1.93. The van der Waals surface area contributed by atoms with Crippen molar-refractivity contribution in [2.24, 2.45) is 0 Å². The van der Waals surface area contributed by atoms with Gasteiger partial charge < -0.3 is 0 Å². The number of halogens is 2. The molecule has 0 unspecified atom stereocenters. The van der Waals surface area contributed by atoms with Gasteiger partial charge >= 0.3 is 6.04 Å². The lowest BCUT2D eigenvalue weighted by atomic mass is 10.2. The summed E-state index contributed by atoms with van der Waals surface area (Å²) in [6.07, 6.45) is 0. The van der Waals surface area contributed by atoms with E-state index in [4.69, 9.17) is 0 Å². The summed E-state index contributed by atoms with van der Waals surface area (Å²) in [5, 5.41) is 0. The van der Waals surface area contributed by atoms with Crippen LogP contribution in [0.2, 0.25) is 0 Å². The van der Waals surface area contributed by atoms with Crippen LogP contribution in [0.25, 0.3) is 0 Å². The van der Waals surface area contributed by atoms with Crippen molar-refractivity contribution in [2.45, 2.75) is 0 Å². The monoisotopic (exact) mass is 144 g/mol. The molecule has 0 spiro atoms. The Hall–Kier alpha value is -1.25. The van der Waals surface area contributed by atoms with E-state index in [0.717, 1.165) is 0 Å². The summed E-state index contributed by atoms with van der Waals surface area (Å²) in [5.74, 6) is 0. The van der Waals surface area contributed by atoms with Crippen molar-refractivity contribution in [2.75, 3.05) is 0 Å². The predicted octanol–water partition coefficient (Wildman–Crippen LogP) is 1.95. The second-order valence-corrected chi connectivity index (χ2v) is 1.64. The van der Waals surface area contributed by atoms with Gasteiger partial charge in [0.15, 0.2) is 0 Å². The summed E-state index contributed by atoms with van der Waals surface area (Å²) >= 11 is 0. The quantitative estimate of drug-likeness (QED) is 0.550. The van der Waals surface area contributed by atoms with Crippen LogP contribution < -0.4 is 0 Å². The smallest absolute Gasteiger partial charge is 0.269 e. The lowest BCUT2D eigenvalue weighted by molar-refractivity contribution is 0.0836. The van der Waals surface area contributed by atoms with Crippen molar-refractivity contribution < 1.29 is 13.9 Å². The summed E-state index contributed by atoms with van der Waals surface area (Å²) in [6.45, 7) is 0. The Morgan fingerprint density at radius 3 is 2.00 bits per heavy atom. The number of hydrogen-bond donors (Lipinski definition) is 0. The molecular formula is C7H6F2O. The van der Waals surface area contributed by atoms with Gasteiger partial charge in [0.05, 0.1) is 5.56 Å². The normalized spacial score (nSPS) is 8.10. The Morgan fingerprint density at radius 1 is 1.20 bits per heavy atom. The maximum atomic E-state index is 11.8. The number of rotatable bonds is 1. The van der Waals surface area contributed by atoms with Gasteiger partial charge in [0.25, 0.3) is 0 Å². The van der Waals surface area contributed by atoms with Gasteiger partial charge in [-0.15, -0.1) is 0 Å². The van der Waals surface area contributed by atoms with Crippen molar-refractivity contribution in [1.29, 1.82) is 0 Å². The van der Waals surface area contributed by atoms with Crippen LogP contribution >= 0.6 is 0 Å². The van der Waals surface area contributed by atoms with Crippen LogP contribution in [0.5, 0.6) is 0 Å². The van der Waals surface area contributed by atoms with Gasteiger partial charge in [-0.05, 0) is 12.1 Å². The highest BCUT2D eigenvalue weighted by Gasteiger charge is 1.98. The third-order valence-corrected chi connectivity index (χ3v) is 1.00. The first-order valence-corrected chi connectivity index (χ1v) is 2.55. The minimum Gasteiger partial charge on any atom is -0.269 e. The molecular weight excluding hydrogens is 138 g/mol. The van der Waals surface area contributed by atoms with Crippen molar-refractivity contribution in [3.63, 3.8) is 0 Å². The third-order valence-electron chi connectivity index (χ3n) is 1.00. The van der Waals surface area contributed by atoms with Crippen LogP contribution in [0.15, 0.2) is 30.3 Å². The maximum Gasteiger partial charge on any atom is 0.332 e. The van der Waals surface area contributed by atoms with Crippen molar-refractivity contribution >= 4 is 6.04 Å². The standard InChI is InChI=1S/C7H5FO.FH/c8-7(9)6-4-2-1-3-5-6;/h1-5H;1H. The average molecular weight is 144 g/mol. The molecule has 1 aromatic carbocycles. The molecule has 1 rings (SSSR count). The van der Waals surface area contributed by atoms with Crippen LogP contribution in [-0.4, -0.2) is 6.04 Å². The fourth-order valence-electron chi connectivity index (χ4n) is 0.569. The Balaban J connectivity index is 0.000000810. The molecule has 0 amide bonds. The number of carbonyl (C=O) groups excluding carboxylic acids is 1. The molecule has 0 saturated carbocycles. The van der Waals surface area contributed by atoms with Crippen molar-refractivity contribution in [3.8, 4) is 0 Å². The molecule has 0 aromatic heterocycles. The van der Waals surface area contributed by atoms with E-state index in [-0.39, 0.29) is 10.3 Å². The highest BCUT2D eigenvalue weighted by atomic mass is 19.1. The molecule has 0 radical (unpaired) electrons. The molecule has 0 atom stereocenters. The van der Waals surface area contributed by atoms with Gasteiger partial charge in [-0.25, -0.2) is 0 Å². The average Bonchev–Trinajstić information content (AvgIpc) is 1.90. The first kappa shape index (κ1) is 8.75. The summed E-state index contributed by atoms with van der Waals surface area (Å²) in [6, 6.07) is 6.45. The van der Waals surface area contributed by atoms with E-state index in [1.54, 1.807) is 18.2 Å². The Bertz CT molecular complexity index is 208. The van der Waals surface area contributed by atoms with Crippen molar-refractivity contribution in [3.05, 3.63) is 35.9 Å². The van der Waals surface area contributed by atoms with Crippen LogP contribution in [0, 0.1) is 0 Å². The van der Waals surface area contributed by atoms with Crippen LogP contribution in [-0.2, 0) is 0 Å². The molecule has 3 heteroatoms. The first-order chi connectivity index (χ1) is 4.30. The molecule has 1 aromatic rings. The molecule has 0 aliphatic heterocycles. The highest BCUT2D eigenvalue weighted by Crippen LogP contribution is 1.98. The predicted molar refractivity (Wildman–Crippen MR) is 34.4 cm³/mol. The summed E-state index contributed by atoms with van der Waals surface area (Å²) in [5.41, 5.74) is 0.109. The van der Waals surface area contributed by atoms with E-state index < -0.39 is 6.04 Å². The fourth-order valence-corrected chi connectivity index (χ4v) is 0.569. The van der Waals surface area contributed by atoms with Gasteiger partial charge in [0, 0.05) is 0 Å². The lowest BCUT2D eigenvalue weighted by Gasteiger charge is -1.86. The van der Waals surface area contributed by atoms with Crippen LogP contribution in [0.4, 0.5) is 9.09 Å². The number of hydrogen-bond acceptors (Lipinski definition) is 1. The van der Waals surface area contributed by atoms with Gasteiger partial charge in [0.1, 0.15) is 0 Å². The second kappa shape index (κ2) is 3.71. The molecule has 0 aliphatic carbocycles. The lowest BCUT2D eigenvalue weighted by Crippen LogP contribution is -1.86. The Labute approximate surface area is 56.9 Å². The Kier molecular flexibility index (Phi) is 3.25. The minimum absolute atomic E-state index is 0. The molecule has 0 fully saturated rings. The van der Waals surface area contributed by atoms with Crippen LogP contribution in [0.1, 0.15) is 10.4 Å². The topological polar surface area (TPSA) is 17.1 Å². The van der Waals surface area contributed by atoms with E-state index >= 15 is 0 Å². The second-order valence-electron chi connectivity index (χ2n) is 1.64. The minimum atomic E-state index is -1.38. The van der Waals surface area contributed by atoms with Gasteiger partial charge in [0.2, 0.25) is 0 Å². The van der Waals surface area contributed by atoms with Gasteiger partial charge in [-0.2, -0.15) is 4.39 Å². The molecule has 54 valence electrons. The fraction of sp³-hybridized carbons (Fsp3) is 0. The van der Waals surface area contributed by atoms with Gasteiger partial charge in [-0.3, -0.25) is 9.50 Å². The van der Waals surface area contributed by atoms with Crippen LogP contribution in [0.3, 0.4) is 0 Å². The molecule has 0 saturated heterocycles.